The van der Waals surface area contributed by atoms with E-state index in [-0.39, 0.29) is 23.9 Å². The Bertz CT molecular complexity index is 1760. The van der Waals surface area contributed by atoms with Gasteiger partial charge in [0.15, 0.2) is 11.5 Å². The number of benzene rings is 3. The molecule has 0 fully saturated rings. The van der Waals surface area contributed by atoms with Crippen LogP contribution in [-0.2, 0) is 17.6 Å². The smallest absolute Gasteiger partial charge is 0.493 e. The highest BCUT2D eigenvalue weighted by atomic mass is 19.4. The second-order valence-electron chi connectivity index (χ2n) is 10.0. The Kier molecular flexibility index (Phi) is 8.88. The molecule has 0 saturated carbocycles. The van der Waals surface area contributed by atoms with Crippen LogP contribution in [-0.4, -0.2) is 47.7 Å². The van der Waals surface area contributed by atoms with Crippen molar-refractivity contribution in [2.45, 2.75) is 25.2 Å². The maximum Gasteiger partial charge on any atom is 0.573 e. The lowest BCUT2D eigenvalue weighted by molar-refractivity contribution is -0.274. The van der Waals surface area contributed by atoms with Crippen LogP contribution in [0.15, 0.2) is 78.0 Å². The van der Waals surface area contributed by atoms with Crippen LogP contribution < -0.4 is 25.7 Å². The van der Waals surface area contributed by atoms with Gasteiger partial charge in [0, 0.05) is 29.8 Å². The van der Waals surface area contributed by atoms with Gasteiger partial charge in [0.2, 0.25) is 5.95 Å². The number of amides is 1. The van der Waals surface area contributed by atoms with Crippen molar-refractivity contribution in [1.29, 1.82) is 0 Å². The van der Waals surface area contributed by atoms with Gasteiger partial charge in [-0.2, -0.15) is 10.1 Å². The molecule has 1 aromatic heterocycles. The van der Waals surface area contributed by atoms with Gasteiger partial charge in [-0.1, -0.05) is 36.4 Å². The van der Waals surface area contributed by atoms with Crippen molar-refractivity contribution in [1.82, 2.24) is 15.0 Å². The second kappa shape index (κ2) is 13.0. The number of alkyl halides is 3. The van der Waals surface area contributed by atoms with Crippen LogP contribution in [0, 0.1) is 0 Å². The molecule has 0 saturated heterocycles. The highest BCUT2D eigenvalue weighted by Crippen LogP contribution is 2.36. The number of nitrogen functional groups attached to an aromatic ring is 2. The van der Waals surface area contributed by atoms with Crippen LogP contribution in [0.3, 0.4) is 0 Å². The van der Waals surface area contributed by atoms with Crippen molar-refractivity contribution in [2.24, 2.45) is 5.10 Å². The molecule has 232 valence electrons. The lowest BCUT2D eigenvalue weighted by Crippen LogP contribution is -2.33. The SMILES string of the molecule is COc1cc(Cc2cnc(N)nc2N)cc(/C=C/C(=O)N2N=Cc3ccccc3C2Cc2ccc(OC(F)(F)F)cc2)c1OC. The number of nitrogens with zero attached hydrogens (tertiary/aromatic N) is 4. The van der Waals surface area contributed by atoms with Crippen LogP contribution in [0.5, 0.6) is 17.2 Å². The Morgan fingerprint density at radius 1 is 1.02 bits per heavy atom. The van der Waals surface area contributed by atoms with E-state index in [1.54, 1.807) is 24.6 Å². The number of aromatic nitrogens is 2. The van der Waals surface area contributed by atoms with Gasteiger partial charge in [0.25, 0.3) is 5.91 Å². The summed E-state index contributed by atoms with van der Waals surface area (Å²) in [4.78, 5) is 21.7. The number of anilines is 2. The zero-order valence-corrected chi connectivity index (χ0v) is 24.3. The van der Waals surface area contributed by atoms with E-state index in [1.807, 2.05) is 30.3 Å². The summed E-state index contributed by atoms with van der Waals surface area (Å²) in [5.41, 5.74) is 16.0. The number of ether oxygens (including phenoxy) is 3. The van der Waals surface area contributed by atoms with E-state index in [4.69, 9.17) is 20.9 Å². The van der Waals surface area contributed by atoms with Gasteiger partial charge in [-0.25, -0.2) is 9.99 Å². The van der Waals surface area contributed by atoms with Gasteiger partial charge in [-0.05, 0) is 59.0 Å². The number of fused-ring (bicyclic) bond motifs is 1. The summed E-state index contributed by atoms with van der Waals surface area (Å²) >= 11 is 0. The predicted molar refractivity (Wildman–Crippen MR) is 163 cm³/mol. The summed E-state index contributed by atoms with van der Waals surface area (Å²) in [6, 6.07) is 16.1. The number of hydrogen-bond acceptors (Lipinski definition) is 9. The molecule has 3 aromatic carbocycles. The average Bonchev–Trinajstić information content (AvgIpc) is 3.01. The van der Waals surface area contributed by atoms with Gasteiger partial charge >= 0.3 is 6.36 Å². The Hall–Kier alpha value is -5.59. The van der Waals surface area contributed by atoms with Crippen LogP contribution in [0.4, 0.5) is 24.9 Å². The number of carbonyl (C=O) groups excluding carboxylic acids is 1. The summed E-state index contributed by atoms with van der Waals surface area (Å²) in [5, 5.41) is 5.78. The maximum atomic E-state index is 13.7. The summed E-state index contributed by atoms with van der Waals surface area (Å²) in [5.74, 6) is 0.420. The lowest BCUT2D eigenvalue weighted by atomic mass is 9.93. The highest BCUT2D eigenvalue weighted by Gasteiger charge is 2.32. The summed E-state index contributed by atoms with van der Waals surface area (Å²) in [6.07, 6.45) is 1.99. The fourth-order valence-corrected chi connectivity index (χ4v) is 5.03. The van der Waals surface area contributed by atoms with Gasteiger partial charge in [-0.3, -0.25) is 4.79 Å². The van der Waals surface area contributed by atoms with E-state index < -0.39 is 18.3 Å². The molecule has 0 aliphatic carbocycles. The minimum Gasteiger partial charge on any atom is -0.493 e. The van der Waals surface area contributed by atoms with Crippen LogP contribution in [0.25, 0.3) is 6.08 Å². The first-order valence-corrected chi connectivity index (χ1v) is 13.6. The maximum absolute atomic E-state index is 13.7. The molecular formula is C32H29F3N6O4. The molecule has 0 bridgehead atoms. The molecule has 10 nitrogen and oxygen atoms in total. The van der Waals surface area contributed by atoms with Crippen LogP contribution in [0.2, 0.25) is 0 Å². The topological polar surface area (TPSA) is 138 Å². The first kappa shape index (κ1) is 30.9. The van der Waals surface area contributed by atoms with E-state index in [9.17, 15) is 18.0 Å². The molecule has 1 aliphatic heterocycles. The predicted octanol–water partition coefficient (Wildman–Crippen LogP) is 5.32. The largest absolute Gasteiger partial charge is 0.573 e. The summed E-state index contributed by atoms with van der Waals surface area (Å²) < 4.78 is 53.1. The number of hydrazone groups is 1. The monoisotopic (exact) mass is 618 g/mol. The summed E-state index contributed by atoms with van der Waals surface area (Å²) in [6.45, 7) is 0. The molecule has 1 amide bonds. The molecule has 0 radical (unpaired) electrons. The average molecular weight is 619 g/mol. The lowest BCUT2D eigenvalue weighted by Gasteiger charge is -2.31. The molecular weight excluding hydrogens is 589 g/mol. The van der Waals surface area contributed by atoms with Gasteiger partial charge in [0.1, 0.15) is 11.6 Å². The molecule has 1 atom stereocenters. The minimum atomic E-state index is -4.79. The number of carbonyl (C=O) groups is 1. The quantitative estimate of drug-likeness (QED) is 0.241. The third-order valence-electron chi connectivity index (χ3n) is 7.07. The van der Waals surface area contributed by atoms with Crippen molar-refractivity contribution >= 4 is 30.0 Å². The van der Waals surface area contributed by atoms with Crippen molar-refractivity contribution < 1.29 is 32.2 Å². The number of nitrogens with two attached hydrogens (primary N) is 2. The Morgan fingerprint density at radius 3 is 2.47 bits per heavy atom. The van der Waals surface area contributed by atoms with Crippen molar-refractivity contribution in [3.63, 3.8) is 0 Å². The van der Waals surface area contributed by atoms with E-state index in [0.717, 1.165) is 16.7 Å². The highest BCUT2D eigenvalue weighted by molar-refractivity contribution is 5.95. The standard InChI is InChI=1S/C32H29F3N6O4/c1-43-27-16-20(14-23-17-38-31(37)40-30(23)36)13-21(29(27)44-2)9-12-28(42)41-26(25-6-4-3-5-22(25)18-39-41)15-19-7-10-24(11-8-19)45-32(33,34)35/h3-13,16-18,26H,14-15H2,1-2H3,(H4,36,37,38,40)/b12-9+. The fraction of sp³-hybridized carbons (Fsp3) is 0.188. The molecule has 5 rings (SSSR count). The molecule has 2 heterocycles. The van der Waals surface area contributed by atoms with Crippen molar-refractivity contribution in [3.8, 4) is 17.2 Å². The van der Waals surface area contributed by atoms with Crippen LogP contribution >= 0.6 is 0 Å². The summed E-state index contributed by atoms with van der Waals surface area (Å²) in [7, 11) is 3.00. The van der Waals surface area contributed by atoms with E-state index in [2.05, 4.69) is 19.8 Å². The molecule has 45 heavy (non-hydrogen) atoms. The van der Waals surface area contributed by atoms with Gasteiger partial charge in [0.05, 0.1) is 26.5 Å². The van der Waals surface area contributed by atoms with Crippen LogP contribution in [0.1, 0.15) is 39.4 Å². The first-order valence-electron chi connectivity index (χ1n) is 13.6. The van der Waals surface area contributed by atoms with Gasteiger partial charge in [-0.15, -0.1) is 13.2 Å². The Labute approximate surface area is 256 Å². The number of hydrogen-bond donors (Lipinski definition) is 2. The second-order valence-corrected chi connectivity index (χ2v) is 10.0. The fourth-order valence-electron chi connectivity index (χ4n) is 5.03. The number of rotatable bonds is 9. The van der Waals surface area contributed by atoms with Gasteiger partial charge < -0.3 is 25.7 Å². The normalized spacial score (nSPS) is 14.3. The third-order valence-corrected chi connectivity index (χ3v) is 7.07. The molecule has 1 unspecified atom stereocenters. The Balaban J connectivity index is 1.43. The first-order chi connectivity index (χ1) is 21.5. The molecule has 4 N–H and O–H groups in total. The molecule has 13 heteroatoms. The van der Waals surface area contributed by atoms with E-state index >= 15 is 0 Å². The number of methoxy groups -OCH3 is 2. The van der Waals surface area contributed by atoms with E-state index in [0.29, 0.717) is 34.6 Å². The molecule has 4 aromatic rings. The molecule has 0 spiro atoms. The zero-order chi connectivity index (χ0) is 32.1. The van der Waals surface area contributed by atoms with Crippen molar-refractivity contribution in [2.75, 3.05) is 25.7 Å². The molecule has 1 aliphatic rings. The third kappa shape index (κ3) is 7.32. The van der Waals surface area contributed by atoms with Crippen molar-refractivity contribution in [3.05, 3.63) is 106 Å². The van der Waals surface area contributed by atoms with E-state index in [1.165, 1.54) is 49.6 Å². The zero-order valence-electron chi connectivity index (χ0n) is 24.3. The number of halogens is 3. The Morgan fingerprint density at radius 2 is 1.78 bits per heavy atom. The minimum absolute atomic E-state index is 0.0690.